The summed E-state index contributed by atoms with van der Waals surface area (Å²) in [6, 6.07) is 5.68. The van der Waals surface area contributed by atoms with Crippen molar-refractivity contribution in [1.29, 1.82) is 0 Å². The summed E-state index contributed by atoms with van der Waals surface area (Å²) in [7, 11) is 0. The second kappa shape index (κ2) is 4.31. The highest BCUT2D eigenvalue weighted by molar-refractivity contribution is 7.17. The zero-order chi connectivity index (χ0) is 12.5. The lowest BCUT2D eigenvalue weighted by atomic mass is 10.0. The average Bonchev–Trinajstić information content (AvgIpc) is 2.85. The molecule has 0 saturated carbocycles. The molecule has 0 fully saturated rings. The molecule has 0 unspecified atom stereocenters. The first-order valence-electron chi connectivity index (χ1n) is 5.54. The number of aryl methyl sites for hydroxylation is 1. The van der Waals surface area contributed by atoms with Crippen molar-refractivity contribution in [3.63, 3.8) is 0 Å². The lowest BCUT2D eigenvalue weighted by Crippen LogP contribution is -2.04. The number of fused-ring (bicyclic) bond motifs is 1. The molecule has 0 aliphatic carbocycles. The van der Waals surface area contributed by atoms with E-state index in [0.29, 0.717) is 11.1 Å². The normalized spacial score (nSPS) is 10.7. The smallest absolute Gasteiger partial charge is 0.196 e. The molecule has 0 bridgehead atoms. The number of nitrogens with zero attached hydrogens (tertiary/aromatic N) is 2. The molecule has 0 radical (unpaired) electrons. The summed E-state index contributed by atoms with van der Waals surface area (Å²) >= 11 is 1.59. The minimum absolute atomic E-state index is 0.0246. The Morgan fingerprint density at radius 1 is 1.28 bits per heavy atom. The minimum atomic E-state index is -0.0246. The number of ketones is 1. The first-order valence-corrected chi connectivity index (χ1v) is 6.42. The fraction of sp³-hybridized carbons (Fsp3) is 0.0714. The summed E-state index contributed by atoms with van der Waals surface area (Å²) in [5.74, 6) is -0.0246. The maximum atomic E-state index is 12.4. The van der Waals surface area contributed by atoms with Gasteiger partial charge in [0.2, 0.25) is 0 Å². The van der Waals surface area contributed by atoms with Gasteiger partial charge < -0.3 is 0 Å². The highest BCUT2D eigenvalue weighted by Gasteiger charge is 2.13. The first kappa shape index (κ1) is 11.0. The largest absolute Gasteiger partial charge is 0.288 e. The van der Waals surface area contributed by atoms with E-state index in [1.54, 1.807) is 29.9 Å². The van der Waals surface area contributed by atoms with Crippen molar-refractivity contribution in [1.82, 2.24) is 9.97 Å². The Hall–Kier alpha value is -2.07. The van der Waals surface area contributed by atoms with Crippen LogP contribution in [0, 0.1) is 6.92 Å². The van der Waals surface area contributed by atoms with E-state index in [1.165, 1.54) is 0 Å². The lowest BCUT2D eigenvalue weighted by molar-refractivity contribution is 0.103. The lowest BCUT2D eigenvalue weighted by Gasteiger charge is -2.03. The van der Waals surface area contributed by atoms with Crippen LogP contribution >= 0.6 is 11.3 Å². The van der Waals surface area contributed by atoms with Gasteiger partial charge in [-0.2, -0.15) is 0 Å². The molecule has 3 nitrogen and oxygen atoms in total. The molecule has 0 atom stereocenters. The maximum absolute atomic E-state index is 12.4. The molecule has 0 aliphatic rings. The summed E-state index contributed by atoms with van der Waals surface area (Å²) in [6.45, 7) is 1.91. The molecule has 88 valence electrons. The highest BCUT2D eigenvalue weighted by Crippen LogP contribution is 2.21. The van der Waals surface area contributed by atoms with E-state index in [-0.39, 0.29) is 5.78 Å². The summed E-state index contributed by atoms with van der Waals surface area (Å²) in [4.78, 5) is 20.6. The molecule has 18 heavy (non-hydrogen) atoms. The number of carbonyl (C=O) groups excluding carboxylic acids is 1. The van der Waals surface area contributed by atoms with Gasteiger partial charge in [-0.05, 0) is 36.1 Å². The standard InChI is InChI=1S/C14H10N2OS/c1-9-2-4-15-8-11(9)14(17)10-6-13-12(16-7-10)3-5-18-13/h2-8H,1H3. The van der Waals surface area contributed by atoms with Gasteiger partial charge in [0.25, 0.3) is 0 Å². The molecule has 0 amide bonds. The third kappa shape index (κ3) is 1.80. The van der Waals surface area contributed by atoms with E-state index in [9.17, 15) is 4.79 Å². The second-order valence-corrected chi connectivity index (χ2v) is 5.00. The Morgan fingerprint density at radius 2 is 2.17 bits per heavy atom. The zero-order valence-electron chi connectivity index (χ0n) is 9.75. The van der Waals surface area contributed by atoms with Crippen LogP contribution in [0.2, 0.25) is 0 Å². The van der Waals surface area contributed by atoms with Crippen molar-refractivity contribution in [2.45, 2.75) is 6.92 Å². The number of rotatable bonds is 2. The zero-order valence-corrected chi connectivity index (χ0v) is 10.6. The van der Waals surface area contributed by atoms with Gasteiger partial charge in [0.05, 0.1) is 10.2 Å². The number of aromatic nitrogens is 2. The van der Waals surface area contributed by atoms with Crippen molar-refractivity contribution in [2.75, 3.05) is 0 Å². The Kier molecular flexibility index (Phi) is 2.64. The van der Waals surface area contributed by atoms with Crippen LogP contribution in [-0.4, -0.2) is 15.8 Å². The van der Waals surface area contributed by atoms with Gasteiger partial charge in [-0.25, -0.2) is 0 Å². The summed E-state index contributed by atoms with van der Waals surface area (Å²) in [5, 5.41) is 1.97. The summed E-state index contributed by atoms with van der Waals surface area (Å²) in [5.41, 5.74) is 3.11. The van der Waals surface area contributed by atoms with Crippen molar-refractivity contribution in [2.24, 2.45) is 0 Å². The average molecular weight is 254 g/mol. The molecule has 3 aromatic rings. The molecular formula is C14H10N2OS. The van der Waals surface area contributed by atoms with Gasteiger partial charge in [-0.15, -0.1) is 11.3 Å². The van der Waals surface area contributed by atoms with Crippen LogP contribution in [-0.2, 0) is 0 Å². The van der Waals surface area contributed by atoms with E-state index < -0.39 is 0 Å². The van der Waals surface area contributed by atoms with Gasteiger partial charge in [0, 0.05) is 29.7 Å². The molecule has 0 N–H and O–H groups in total. The van der Waals surface area contributed by atoms with Gasteiger partial charge in [-0.3, -0.25) is 14.8 Å². The molecule has 0 aliphatic heterocycles. The molecule has 3 aromatic heterocycles. The van der Waals surface area contributed by atoms with Gasteiger partial charge in [-0.1, -0.05) is 0 Å². The third-order valence-corrected chi connectivity index (χ3v) is 3.70. The van der Waals surface area contributed by atoms with E-state index in [4.69, 9.17) is 0 Å². The van der Waals surface area contributed by atoms with Gasteiger partial charge in [0.1, 0.15) is 0 Å². The van der Waals surface area contributed by atoms with Crippen LogP contribution in [0.5, 0.6) is 0 Å². The topological polar surface area (TPSA) is 42.9 Å². The number of pyridine rings is 2. The van der Waals surface area contributed by atoms with Gasteiger partial charge >= 0.3 is 0 Å². The fourth-order valence-corrected chi connectivity index (χ4v) is 2.61. The Labute approximate surface area is 108 Å². The van der Waals surface area contributed by atoms with Crippen molar-refractivity contribution in [3.8, 4) is 0 Å². The van der Waals surface area contributed by atoms with E-state index in [1.807, 2.05) is 30.5 Å². The molecule has 0 aromatic carbocycles. The van der Waals surface area contributed by atoms with E-state index in [2.05, 4.69) is 9.97 Å². The summed E-state index contributed by atoms with van der Waals surface area (Å²) < 4.78 is 1.03. The Balaban J connectivity index is 2.09. The first-order chi connectivity index (χ1) is 8.75. The third-order valence-electron chi connectivity index (χ3n) is 2.85. The second-order valence-electron chi connectivity index (χ2n) is 4.05. The van der Waals surface area contributed by atoms with E-state index in [0.717, 1.165) is 15.8 Å². The van der Waals surface area contributed by atoms with Crippen molar-refractivity contribution >= 4 is 27.3 Å². The van der Waals surface area contributed by atoms with Crippen LogP contribution in [0.25, 0.3) is 10.2 Å². The highest BCUT2D eigenvalue weighted by atomic mass is 32.1. The SMILES string of the molecule is Cc1ccncc1C(=O)c1cnc2ccsc2c1. The minimum Gasteiger partial charge on any atom is -0.288 e. The van der Waals surface area contributed by atoms with Crippen LogP contribution in [0.3, 0.4) is 0 Å². The number of carbonyl (C=O) groups is 1. The molecule has 3 heterocycles. The molecular weight excluding hydrogens is 244 g/mol. The van der Waals surface area contributed by atoms with Crippen molar-refractivity contribution in [3.05, 3.63) is 58.9 Å². The number of hydrogen-bond acceptors (Lipinski definition) is 4. The van der Waals surface area contributed by atoms with Crippen LogP contribution < -0.4 is 0 Å². The number of hydrogen-bond donors (Lipinski definition) is 0. The van der Waals surface area contributed by atoms with Crippen LogP contribution in [0.1, 0.15) is 21.5 Å². The van der Waals surface area contributed by atoms with Crippen molar-refractivity contribution < 1.29 is 4.79 Å². The maximum Gasteiger partial charge on any atom is 0.196 e. The molecule has 4 heteroatoms. The predicted molar refractivity (Wildman–Crippen MR) is 72.0 cm³/mol. The predicted octanol–water partition coefficient (Wildman–Crippen LogP) is 3.23. The molecule has 3 rings (SSSR count). The fourth-order valence-electron chi connectivity index (χ4n) is 1.83. The van der Waals surface area contributed by atoms with Crippen LogP contribution in [0.15, 0.2) is 42.2 Å². The van der Waals surface area contributed by atoms with E-state index >= 15 is 0 Å². The summed E-state index contributed by atoms with van der Waals surface area (Å²) in [6.07, 6.45) is 4.92. The number of thiophene rings is 1. The van der Waals surface area contributed by atoms with Gasteiger partial charge in [0.15, 0.2) is 5.78 Å². The Morgan fingerprint density at radius 3 is 3.00 bits per heavy atom. The van der Waals surface area contributed by atoms with Crippen LogP contribution in [0.4, 0.5) is 0 Å². The Bertz CT molecular complexity index is 733. The monoisotopic (exact) mass is 254 g/mol. The quantitative estimate of drug-likeness (QED) is 0.659. The molecule has 0 spiro atoms. The molecule has 0 saturated heterocycles.